The van der Waals surface area contributed by atoms with Crippen LogP contribution in [0.5, 0.6) is 0 Å². The highest BCUT2D eigenvalue weighted by atomic mass is 35.5. The van der Waals surface area contributed by atoms with Gasteiger partial charge in [-0.15, -0.1) is 0 Å². The third-order valence-corrected chi connectivity index (χ3v) is 7.58. The highest BCUT2D eigenvalue weighted by molar-refractivity contribution is 7.73. The van der Waals surface area contributed by atoms with Crippen molar-refractivity contribution in [3.8, 4) is 0 Å². The van der Waals surface area contributed by atoms with Gasteiger partial charge in [-0.2, -0.15) is 0 Å². The normalized spacial score (nSPS) is 11.9. The second kappa shape index (κ2) is 9.06. The van der Waals surface area contributed by atoms with Crippen LogP contribution in [0.15, 0.2) is 115 Å². The molecule has 0 bridgehead atoms. The molecule has 0 heterocycles. The smallest absolute Gasteiger partial charge is 0.0807 e. The molecule has 0 saturated heterocycles. The average Bonchev–Trinajstić information content (AvgIpc) is 2.76. The van der Waals surface area contributed by atoms with E-state index in [9.17, 15) is 0 Å². The van der Waals surface area contributed by atoms with Gasteiger partial charge in [0.15, 0.2) is 0 Å². The van der Waals surface area contributed by atoms with Crippen molar-refractivity contribution < 1.29 is 0 Å². The minimum absolute atomic E-state index is 0.0518. The predicted octanol–water partition coefficient (Wildman–Crippen LogP) is 6.58. The van der Waals surface area contributed by atoms with E-state index >= 15 is 0 Å². The summed E-state index contributed by atoms with van der Waals surface area (Å²) in [6.07, 6.45) is 0. The summed E-state index contributed by atoms with van der Waals surface area (Å²) in [7, 11) is -0.726. The van der Waals surface area contributed by atoms with E-state index in [4.69, 9.17) is 11.6 Å². The van der Waals surface area contributed by atoms with Crippen LogP contribution in [0.1, 0.15) is 11.3 Å². The van der Waals surface area contributed by atoms with Gasteiger partial charge in [0.2, 0.25) is 0 Å². The van der Waals surface area contributed by atoms with Crippen LogP contribution in [0.3, 0.4) is 0 Å². The fourth-order valence-electron chi connectivity index (χ4n) is 3.29. The second-order valence-electron chi connectivity index (χ2n) is 6.48. The van der Waals surface area contributed by atoms with Crippen molar-refractivity contribution in [2.24, 2.45) is 0 Å². The largest absolute Gasteiger partial charge is 0.374 e. The zero-order chi connectivity index (χ0) is 19.2. The van der Waals surface area contributed by atoms with Gasteiger partial charge in [0.1, 0.15) is 0 Å². The molecule has 3 heteroatoms. The van der Waals surface area contributed by atoms with Crippen LogP contribution in [0.4, 0.5) is 5.69 Å². The molecule has 138 valence electrons. The SMILES string of the molecule is Clc1ccccc1[C@H](Nc1ccccc1)P(c1ccccc1)c1ccccc1. The number of hydrogen-bond acceptors (Lipinski definition) is 1. The molecule has 28 heavy (non-hydrogen) atoms. The number of rotatable bonds is 6. The summed E-state index contributed by atoms with van der Waals surface area (Å²) in [5, 5.41) is 7.20. The lowest BCUT2D eigenvalue weighted by Gasteiger charge is -2.31. The van der Waals surface area contributed by atoms with Crippen LogP contribution in [0, 0.1) is 0 Å². The summed E-state index contributed by atoms with van der Waals surface area (Å²) in [5.74, 6) is 0.0518. The molecular formula is C25H21ClNP. The summed E-state index contributed by atoms with van der Waals surface area (Å²) in [5.41, 5.74) is 2.21. The van der Waals surface area contributed by atoms with Gasteiger partial charge in [-0.3, -0.25) is 0 Å². The molecule has 1 nitrogen and oxygen atoms in total. The van der Waals surface area contributed by atoms with Crippen molar-refractivity contribution in [3.05, 3.63) is 126 Å². The molecule has 0 aromatic heterocycles. The maximum absolute atomic E-state index is 6.67. The number of hydrogen-bond donors (Lipinski definition) is 1. The number of anilines is 1. The first-order valence-electron chi connectivity index (χ1n) is 9.28. The van der Waals surface area contributed by atoms with E-state index in [2.05, 4.69) is 102 Å². The Hall–Kier alpha value is -2.60. The van der Waals surface area contributed by atoms with Gasteiger partial charge >= 0.3 is 0 Å². The van der Waals surface area contributed by atoms with Crippen LogP contribution < -0.4 is 15.9 Å². The van der Waals surface area contributed by atoms with Crippen LogP contribution >= 0.6 is 19.5 Å². The maximum atomic E-state index is 6.67. The van der Waals surface area contributed by atoms with Crippen LogP contribution in [0.2, 0.25) is 5.02 Å². The highest BCUT2D eigenvalue weighted by Gasteiger charge is 2.27. The Balaban J connectivity index is 1.87. The predicted molar refractivity (Wildman–Crippen MR) is 123 cm³/mol. The Labute approximate surface area is 172 Å². The van der Waals surface area contributed by atoms with E-state index in [-0.39, 0.29) is 5.78 Å². The third-order valence-electron chi connectivity index (χ3n) is 4.60. The van der Waals surface area contributed by atoms with Crippen molar-refractivity contribution in [2.45, 2.75) is 5.78 Å². The molecular weight excluding hydrogens is 381 g/mol. The molecule has 1 N–H and O–H groups in total. The zero-order valence-corrected chi connectivity index (χ0v) is 17.0. The van der Waals surface area contributed by atoms with E-state index < -0.39 is 7.92 Å². The lowest BCUT2D eigenvalue weighted by molar-refractivity contribution is 1.10. The first kappa shape index (κ1) is 18.7. The second-order valence-corrected chi connectivity index (χ2v) is 9.17. The Morgan fingerprint density at radius 1 is 0.571 bits per heavy atom. The lowest BCUT2D eigenvalue weighted by atomic mass is 10.2. The Morgan fingerprint density at radius 2 is 1.04 bits per heavy atom. The van der Waals surface area contributed by atoms with E-state index in [1.54, 1.807) is 0 Å². The average molecular weight is 402 g/mol. The van der Waals surface area contributed by atoms with Gasteiger partial charge in [0, 0.05) is 10.7 Å². The van der Waals surface area contributed by atoms with Gasteiger partial charge in [0.05, 0.1) is 5.78 Å². The molecule has 4 aromatic carbocycles. The third kappa shape index (κ3) is 4.28. The molecule has 0 aliphatic carbocycles. The quantitative estimate of drug-likeness (QED) is 0.359. The van der Waals surface area contributed by atoms with E-state index in [1.165, 1.54) is 10.6 Å². The van der Waals surface area contributed by atoms with Crippen LogP contribution in [-0.2, 0) is 0 Å². The van der Waals surface area contributed by atoms with Crippen LogP contribution in [0.25, 0.3) is 0 Å². The Kier molecular flexibility index (Phi) is 6.07. The number of halogens is 1. The Bertz CT molecular complexity index is 967. The number of para-hydroxylation sites is 1. The van der Waals surface area contributed by atoms with Gasteiger partial charge in [0.25, 0.3) is 0 Å². The van der Waals surface area contributed by atoms with Crippen molar-refractivity contribution in [1.82, 2.24) is 0 Å². The standard InChI is InChI=1S/C25H21ClNP/c26-24-19-11-10-18-23(24)25(27-20-12-4-1-5-13-20)28(21-14-6-2-7-15-21)22-16-8-3-9-17-22/h1-19,25,27H/t25-/m1/s1. The fourth-order valence-corrected chi connectivity index (χ4v) is 6.28. The molecule has 0 aliphatic heterocycles. The molecule has 0 fully saturated rings. The van der Waals surface area contributed by atoms with Crippen molar-refractivity contribution in [1.29, 1.82) is 0 Å². The minimum Gasteiger partial charge on any atom is -0.374 e. The van der Waals surface area contributed by atoms with E-state index in [1.807, 2.05) is 18.2 Å². The van der Waals surface area contributed by atoms with Gasteiger partial charge in [-0.1, -0.05) is 109 Å². The van der Waals surface area contributed by atoms with E-state index in [0.29, 0.717) is 0 Å². The Morgan fingerprint density at radius 3 is 1.57 bits per heavy atom. The summed E-state index contributed by atoms with van der Waals surface area (Å²) < 4.78 is 0. The molecule has 4 rings (SSSR count). The van der Waals surface area contributed by atoms with Crippen molar-refractivity contribution in [2.75, 3.05) is 5.32 Å². The summed E-state index contributed by atoms with van der Waals surface area (Å²) in [4.78, 5) is 0. The minimum atomic E-state index is -0.726. The fraction of sp³-hybridized carbons (Fsp3) is 0.0400. The molecule has 1 atom stereocenters. The van der Waals surface area contributed by atoms with Crippen LogP contribution in [-0.4, -0.2) is 0 Å². The van der Waals surface area contributed by atoms with Crippen molar-refractivity contribution in [3.63, 3.8) is 0 Å². The molecule has 0 spiro atoms. The molecule has 0 radical (unpaired) electrons. The first-order chi connectivity index (χ1) is 13.8. The van der Waals surface area contributed by atoms with Gasteiger partial charge in [-0.05, 0) is 42.3 Å². The molecule has 0 saturated carbocycles. The highest BCUT2D eigenvalue weighted by Crippen LogP contribution is 2.51. The summed E-state index contributed by atoms with van der Waals surface area (Å²) in [6, 6.07) is 39.9. The van der Waals surface area contributed by atoms with Gasteiger partial charge in [-0.25, -0.2) is 0 Å². The number of benzene rings is 4. The topological polar surface area (TPSA) is 12.0 Å². The van der Waals surface area contributed by atoms with E-state index in [0.717, 1.165) is 16.3 Å². The molecule has 0 aliphatic rings. The first-order valence-corrected chi connectivity index (χ1v) is 11.1. The summed E-state index contributed by atoms with van der Waals surface area (Å²) >= 11 is 6.67. The zero-order valence-electron chi connectivity index (χ0n) is 15.4. The monoisotopic (exact) mass is 401 g/mol. The van der Waals surface area contributed by atoms with Crippen molar-refractivity contribution >= 4 is 35.8 Å². The maximum Gasteiger partial charge on any atom is 0.0807 e. The molecule has 4 aromatic rings. The lowest BCUT2D eigenvalue weighted by Crippen LogP contribution is -2.22. The summed E-state index contributed by atoms with van der Waals surface area (Å²) in [6.45, 7) is 0. The molecule has 0 unspecified atom stereocenters. The molecule has 0 amide bonds. The van der Waals surface area contributed by atoms with Gasteiger partial charge < -0.3 is 5.32 Å². The number of nitrogens with one attached hydrogen (secondary N) is 1.